The summed E-state index contributed by atoms with van der Waals surface area (Å²) in [5.41, 5.74) is 11.6. The van der Waals surface area contributed by atoms with E-state index in [1.54, 1.807) is 12.1 Å². The first kappa shape index (κ1) is 14.1. The molecule has 0 aliphatic rings. The minimum atomic E-state index is 0.177. The summed E-state index contributed by atoms with van der Waals surface area (Å²) in [6.07, 6.45) is 0. The lowest BCUT2D eigenvalue weighted by Gasteiger charge is -2.03. The van der Waals surface area contributed by atoms with Gasteiger partial charge >= 0.3 is 0 Å². The topological polar surface area (TPSA) is 63.2 Å². The predicted octanol–water partition coefficient (Wildman–Crippen LogP) is 3.09. The third kappa shape index (κ3) is 3.84. The van der Waals surface area contributed by atoms with E-state index in [4.69, 9.17) is 33.4 Å². The minimum absolute atomic E-state index is 0.177. The van der Waals surface area contributed by atoms with Gasteiger partial charge in [-0.15, -0.1) is 0 Å². The molecule has 0 amide bonds. The van der Waals surface area contributed by atoms with Crippen molar-refractivity contribution in [2.45, 2.75) is 6.54 Å². The van der Waals surface area contributed by atoms with Crippen molar-refractivity contribution in [3.05, 3.63) is 46.1 Å². The highest BCUT2D eigenvalue weighted by Crippen LogP contribution is 2.29. The van der Waals surface area contributed by atoms with Gasteiger partial charge in [-0.05, 0) is 42.5 Å². The average molecular weight is 316 g/mol. The highest BCUT2D eigenvalue weighted by molar-refractivity contribution is 7.80. The first-order chi connectivity index (χ1) is 9.06. The molecule has 0 radical (unpaired) electrons. The summed E-state index contributed by atoms with van der Waals surface area (Å²) >= 11 is 16.5. The van der Waals surface area contributed by atoms with Crippen LogP contribution in [0.3, 0.4) is 0 Å². The van der Waals surface area contributed by atoms with E-state index in [9.17, 15) is 0 Å². The van der Waals surface area contributed by atoms with Gasteiger partial charge in [0.15, 0.2) is 5.11 Å². The maximum absolute atomic E-state index is 5.96. The molecule has 0 saturated heterocycles. The van der Waals surface area contributed by atoms with Crippen LogP contribution in [0.15, 0.2) is 34.7 Å². The number of thiocarbonyl (C=S) groups is 1. The molecule has 4 nitrogen and oxygen atoms in total. The lowest BCUT2D eigenvalue weighted by atomic mass is 10.2. The van der Waals surface area contributed by atoms with Crippen molar-refractivity contribution in [2.75, 3.05) is 0 Å². The van der Waals surface area contributed by atoms with Gasteiger partial charge in [0.2, 0.25) is 0 Å². The normalized spacial score (nSPS) is 10.4. The lowest BCUT2D eigenvalue weighted by molar-refractivity contribution is 0.485. The summed E-state index contributed by atoms with van der Waals surface area (Å²) in [6, 6.07) is 9.04. The average Bonchev–Trinajstić information content (AvgIpc) is 2.81. The second-order valence-electron chi connectivity index (χ2n) is 3.74. The van der Waals surface area contributed by atoms with Gasteiger partial charge < -0.3 is 10.2 Å². The molecule has 7 heteroatoms. The van der Waals surface area contributed by atoms with Crippen LogP contribution < -0.4 is 16.6 Å². The van der Waals surface area contributed by atoms with Crippen LogP contribution >= 0.6 is 35.4 Å². The van der Waals surface area contributed by atoms with Gasteiger partial charge in [-0.25, -0.2) is 5.43 Å². The maximum Gasteiger partial charge on any atom is 0.178 e. The molecule has 19 heavy (non-hydrogen) atoms. The molecule has 0 fully saturated rings. The van der Waals surface area contributed by atoms with Crippen LogP contribution in [0.5, 0.6) is 0 Å². The number of hydrogen-bond donors (Lipinski definition) is 3. The number of halogens is 2. The van der Waals surface area contributed by atoms with Crippen molar-refractivity contribution in [3.63, 3.8) is 0 Å². The summed E-state index contributed by atoms with van der Waals surface area (Å²) in [6.45, 7) is 0.457. The monoisotopic (exact) mass is 315 g/mol. The van der Waals surface area contributed by atoms with Gasteiger partial charge in [0.25, 0.3) is 0 Å². The van der Waals surface area contributed by atoms with E-state index in [1.165, 1.54) is 0 Å². The Hall–Kier alpha value is -1.27. The van der Waals surface area contributed by atoms with Gasteiger partial charge in [0.05, 0.1) is 16.6 Å². The van der Waals surface area contributed by atoms with Crippen molar-refractivity contribution < 1.29 is 4.42 Å². The maximum atomic E-state index is 5.96. The Morgan fingerprint density at radius 1 is 1.21 bits per heavy atom. The largest absolute Gasteiger partial charge is 0.460 e. The quantitative estimate of drug-likeness (QED) is 0.598. The van der Waals surface area contributed by atoms with Gasteiger partial charge in [-0.1, -0.05) is 23.2 Å². The van der Waals surface area contributed by atoms with E-state index in [0.717, 1.165) is 11.3 Å². The highest BCUT2D eigenvalue weighted by Gasteiger charge is 2.07. The minimum Gasteiger partial charge on any atom is -0.460 e. The van der Waals surface area contributed by atoms with Crippen LogP contribution in [0.4, 0.5) is 0 Å². The van der Waals surface area contributed by atoms with Crippen LogP contribution in [0.25, 0.3) is 11.3 Å². The summed E-state index contributed by atoms with van der Waals surface area (Å²) in [5.74, 6) is 1.45. The molecule has 0 aliphatic heterocycles. The molecule has 1 aromatic carbocycles. The fourth-order valence-corrected chi connectivity index (χ4v) is 1.87. The number of benzene rings is 1. The van der Waals surface area contributed by atoms with Crippen LogP contribution in [0.1, 0.15) is 5.76 Å². The summed E-state index contributed by atoms with van der Waals surface area (Å²) in [7, 11) is 0. The number of furan rings is 1. The summed E-state index contributed by atoms with van der Waals surface area (Å²) in [5, 5.41) is 1.18. The molecule has 0 spiro atoms. The number of hydrogen-bond acceptors (Lipinski definition) is 3. The zero-order valence-electron chi connectivity index (χ0n) is 9.74. The Balaban J connectivity index is 2.07. The zero-order chi connectivity index (χ0) is 13.8. The van der Waals surface area contributed by atoms with E-state index >= 15 is 0 Å². The van der Waals surface area contributed by atoms with Crippen LogP contribution in [-0.4, -0.2) is 5.11 Å². The molecule has 0 aliphatic carbocycles. The van der Waals surface area contributed by atoms with Crippen molar-refractivity contribution in [1.29, 1.82) is 0 Å². The molecule has 100 valence electrons. The molecular weight excluding hydrogens is 305 g/mol. The molecule has 1 heterocycles. The first-order valence-corrected chi connectivity index (χ1v) is 6.55. The highest BCUT2D eigenvalue weighted by atomic mass is 35.5. The Morgan fingerprint density at radius 2 is 2.00 bits per heavy atom. The second kappa shape index (κ2) is 6.25. The Labute approximate surface area is 125 Å². The molecule has 0 atom stereocenters. The van der Waals surface area contributed by atoms with Crippen molar-refractivity contribution >= 4 is 40.5 Å². The predicted molar refractivity (Wildman–Crippen MR) is 80.9 cm³/mol. The molecule has 2 rings (SSSR count). The van der Waals surface area contributed by atoms with Gasteiger partial charge in [-0.3, -0.25) is 5.43 Å². The number of nitrogens with one attached hydrogen (secondary N) is 2. The van der Waals surface area contributed by atoms with Crippen molar-refractivity contribution in [3.8, 4) is 11.3 Å². The smallest absolute Gasteiger partial charge is 0.178 e. The lowest BCUT2D eigenvalue weighted by Crippen LogP contribution is -2.40. The van der Waals surface area contributed by atoms with Crippen molar-refractivity contribution in [1.82, 2.24) is 10.9 Å². The van der Waals surface area contributed by atoms with Crippen LogP contribution in [0, 0.1) is 0 Å². The molecular formula is C12H11Cl2N3OS. The van der Waals surface area contributed by atoms with Gasteiger partial charge in [-0.2, -0.15) is 0 Å². The van der Waals surface area contributed by atoms with Crippen LogP contribution in [0.2, 0.25) is 10.0 Å². The molecule has 1 aromatic heterocycles. The van der Waals surface area contributed by atoms with E-state index < -0.39 is 0 Å². The van der Waals surface area contributed by atoms with Crippen molar-refractivity contribution in [2.24, 2.45) is 5.73 Å². The number of hydrazine groups is 1. The van der Waals surface area contributed by atoms with E-state index in [1.807, 2.05) is 18.2 Å². The molecule has 2 aromatic rings. The first-order valence-electron chi connectivity index (χ1n) is 5.38. The summed E-state index contributed by atoms with van der Waals surface area (Å²) in [4.78, 5) is 0. The third-order valence-electron chi connectivity index (χ3n) is 2.34. The van der Waals surface area contributed by atoms with E-state index in [-0.39, 0.29) is 5.11 Å². The Bertz CT molecular complexity index is 600. The zero-order valence-corrected chi connectivity index (χ0v) is 12.1. The standard InChI is InChI=1S/C12H11Cl2N3OS/c13-9-3-1-7(5-10(9)14)11-4-2-8(18-11)6-16-17-12(15)19/h1-5,16H,6H2,(H3,15,17,19). The Kier molecular flexibility index (Phi) is 4.66. The molecule has 0 bridgehead atoms. The van der Waals surface area contributed by atoms with Gasteiger partial charge in [0.1, 0.15) is 11.5 Å². The fourth-order valence-electron chi connectivity index (χ4n) is 1.50. The fraction of sp³-hybridized carbons (Fsp3) is 0.0833. The van der Waals surface area contributed by atoms with E-state index in [0.29, 0.717) is 22.4 Å². The number of nitrogens with two attached hydrogens (primary N) is 1. The van der Waals surface area contributed by atoms with E-state index in [2.05, 4.69) is 23.1 Å². The molecule has 0 unspecified atom stereocenters. The SMILES string of the molecule is NC(=S)NNCc1ccc(-c2ccc(Cl)c(Cl)c2)o1. The van der Waals surface area contributed by atoms with Crippen LogP contribution in [-0.2, 0) is 6.54 Å². The molecule has 0 saturated carbocycles. The summed E-state index contributed by atoms with van der Waals surface area (Å²) < 4.78 is 5.66. The number of rotatable bonds is 4. The Morgan fingerprint density at radius 3 is 2.68 bits per heavy atom. The molecule has 4 N–H and O–H groups in total. The second-order valence-corrected chi connectivity index (χ2v) is 4.99. The third-order valence-corrected chi connectivity index (χ3v) is 3.18. The van der Waals surface area contributed by atoms with Gasteiger partial charge in [0, 0.05) is 5.56 Å².